The van der Waals surface area contributed by atoms with Crippen LogP contribution in [0.5, 0.6) is 5.75 Å². The number of aromatic hydroxyl groups is 1. The number of carboxylic acid groups (broad SMARTS) is 1. The number of phenolic OH excluding ortho intramolecular Hbond substituents is 1. The van der Waals surface area contributed by atoms with Crippen LogP contribution in [0.15, 0.2) is 54.6 Å². The van der Waals surface area contributed by atoms with E-state index in [-0.39, 0.29) is 11.8 Å². The van der Waals surface area contributed by atoms with E-state index >= 15 is 0 Å². The first-order valence-electron chi connectivity index (χ1n) is 9.04. The minimum atomic E-state index is -0.974. The van der Waals surface area contributed by atoms with Gasteiger partial charge in [-0.05, 0) is 36.4 Å². The molecule has 6 nitrogen and oxygen atoms in total. The van der Waals surface area contributed by atoms with Crippen molar-refractivity contribution in [1.29, 1.82) is 0 Å². The van der Waals surface area contributed by atoms with Crippen LogP contribution >= 0.6 is 0 Å². The van der Waals surface area contributed by atoms with Crippen LogP contribution in [0, 0.1) is 0 Å². The fraction of sp³-hybridized carbons (Fsp3) is 0.238. The molecular weight excluding hydrogens is 342 g/mol. The minimum Gasteiger partial charge on any atom is -0.507 e. The Morgan fingerprint density at radius 1 is 1.07 bits per heavy atom. The molecule has 0 radical (unpaired) electrons. The summed E-state index contributed by atoms with van der Waals surface area (Å²) in [6, 6.07) is 17.2. The standard InChI is InChI=1S/C21H21N3O3/c25-19-8-4-3-7-17(19)18-13-14-5-1-2-6-16(14)20(23-18)24-11-9-15(10-12-24)22-21(26)27/h1-8,13,15,22,25H,9-12H2,(H,26,27). The number of hydrogen-bond acceptors (Lipinski definition) is 4. The number of benzene rings is 2. The molecule has 2 heterocycles. The number of para-hydroxylation sites is 1. The van der Waals surface area contributed by atoms with Crippen LogP contribution in [0.3, 0.4) is 0 Å². The molecule has 1 aromatic heterocycles. The van der Waals surface area contributed by atoms with Gasteiger partial charge in [-0.15, -0.1) is 0 Å². The van der Waals surface area contributed by atoms with Crippen LogP contribution in [0.1, 0.15) is 12.8 Å². The van der Waals surface area contributed by atoms with Gasteiger partial charge in [0.25, 0.3) is 0 Å². The maximum Gasteiger partial charge on any atom is 0.404 e. The Kier molecular flexibility index (Phi) is 4.54. The molecule has 3 N–H and O–H groups in total. The van der Waals surface area contributed by atoms with Crippen molar-refractivity contribution in [1.82, 2.24) is 10.3 Å². The lowest BCUT2D eigenvalue weighted by Gasteiger charge is -2.33. The quantitative estimate of drug-likeness (QED) is 0.658. The Hall–Kier alpha value is -3.28. The molecular formula is C21H21N3O3. The number of carbonyl (C=O) groups is 1. The number of amides is 1. The first-order chi connectivity index (χ1) is 13.1. The molecule has 1 aliphatic rings. The zero-order valence-electron chi connectivity index (χ0n) is 14.8. The monoisotopic (exact) mass is 363 g/mol. The topological polar surface area (TPSA) is 85.7 Å². The lowest BCUT2D eigenvalue weighted by molar-refractivity contribution is 0.187. The van der Waals surface area contributed by atoms with Gasteiger partial charge in [0, 0.05) is 30.1 Å². The fourth-order valence-corrected chi connectivity index (χ4v) is 3.66. The molecule has 0 unspecified atom stereocenters. The summed E-state index contributed by atoms with van der Waals surface area (Å²) >= 11 is 0. The largest absolute Gasteiger partial charge is 0.507 e. The number of phenols is 1. The smallest absolute Gasteiger partial charge is 0.404 e. The van der Waals surface area contributed by atoms with E-state index in [0.29, 0.717) is 5.56 Å². The van der Waals surface area contributed by atoms with Crippen molar-refractivity contribution in [3.63, 3.8) is 0 Å². The lowest BCUT2D eigenvalue weighted by Crippen LogP contribution is -2.44. The average molecular weight is 363 g/mol. The highest BCUT2D eigenvalue weighted by molar-refractivity contribution is 5.95. The van der Waals surface area contributed by atoms with Gasteiger partial charge in [0.05, 0.1) is 5.69 Å². The summed E-state index contributed by atoms with van der Waals surface area (Å²) in [7, 11) is 0. The fourth-order valence-electron chi connectivity index (χ4n) is 3.66. The number of fused-ring (bicyclic) bond motifs is 1. The van der Waals surface area contributed by atoms with E-state index in [2.05, 4.69) is 10.2 Å². The minimum absolute atomic E-state index is 0.0219. The van der Waals surface area contributed by atoms with Crippen molar-refractivity contribution >= 4 is 22.7 Å². The second kappa shape index (κ2) is 7.15. The van der Waals surface area contributed by atoms with Gasteiger partial charge in [-0.1, -0.05) is 36.4 Å². The second-order valence-corrected chi connectivity index (χ2v) is 6.78. The SMILES string of the molecule is O=C(O)NC1CCN(c2nc(-c3ccccc3O)cc3ccccc23)CC1. The highest BCUT2D eigenvalue weighted by atomic mass is 16.4. The van der Waals surface area contributed by atoms with Gasteiger partial charge < -0.3 is 20.4 Å². The van der Waals surface area contributed by atoms with Crippen LogP contribution in [-0.4, -0.2) is 40.4 Å². The van der Waals surface area contributed by atoms with Crippen molar-refractivity contribution in [3.8, 4) is 17.0 Å². The van der Waals surface area contributed by atoms with E-state index in [9.17, 15) is 9.90 Å². The maximum atomic E-state index is 10.9. The molecule has 1 aliphatic heterocycles. The molecule has 3 aromatic rings. The van der Waals surface area contributed by atoms with Crippen molar-refractivity contribution in [2.45, 2.75) is 18.9 Å². The molecule has 6 heteroatoms. The molecule has 4 rings (SSSR count). The van der Waals surface area contributed by atoms with Gasteiger partial charge in [0.15, 0.2) is 0 Å². The van der Waals surface area contributed by atoms with Crippen LogP contribution in [0.25, 0.3) is 22.0 Å². The molecule has 0 spiro atoms. The number of anilines is 1. The first kappa shape index (κ1) is 17.1. The van der Waals surface area contributed by atoms with E-state index in [1.54, 1.807) is 12.1 Å². The van der Waals surface area contributed by atoms with Crippen LogP contribution in [0.4, 0.5) is 10.6 Å². The molecule has 0 atom stereocenters. The molecule has 2 aromatic carbocycles. The predicted molar refractivity (Wildman–Crippen MR) is 105 cm³/mol. The zero-order chi connectivity index (χ0) is 18.8. The van der Waals surface area contributed by atoms with Crippen molar-refractivity contribution in [2.24, 2.45) is 0 Å². The summed E-state index contributed by atoms with van der Waals surface area (Å²) in [4.78, 5) is 17.9. The molecule has 1 fully saturated rings. The third kappa shape index (κ3) is 3.51. The number of piperidine rings is 1. The van der Waals surface area contributed by atoms with Gasteiger partial charge in [-0.2, -0.15) is 0 Å². The summed E-state index contributed by atoms with van der Waals surface area (Å²) in [6.07, 6.45) is 0.505. The Labute approximate surface area is 157 Å². The Morgan fingerprint density at radius 3 is 2.52 bits per heavy atom. The summed E-state index contributed by atoms with van der Waals surface area (Å²) in [5.74, 6) is 1.08. The van der Waals surface area contributed by atoms with Crippen molar-refractivity contribution in [3.05, 3.63) is 54.6 Å². The van der Waals surface area contributed by atoms with Crippen molar-refractivity contribution < 1.29 is 15.0 Å². The molecule has 0 saturated carbocycles. The molecule has 0 aliphatic carbocycles. The second-order valence-electron chi connectivity index (χ2n) is 6.78. The van der Waals surface area contributed by atoms with E-state index in [4.69, 9.17) is 10.1 Å². The summed E-state index contributed by atoms with van der Waals surface area (Å²) < 4.78 is 0. The number of nitrogens with one attached hydrogen (secondary N) is 1. The molecule has 1 amide bonds. The predicted octanol–water partition coefficient (Wildman–Crippen LogP) is 3.84. The number of nitrogens with zero attached hydrogens (tertiary/aromatic N) is 2. The molecule has 0 bridgehead atoms. The Morgan fingerprint density at radius 2 is 1.78 bits per heavy atom. The number of rotatable bonds is 3. The summed E-state index contributed by atoms with van der Waals surface area (Å²) in [5, 5.41) is 23.8. The van der Waals surface area contributed by atoms with E-state index in [0.717, 1.165) is 48.2 Å². The summed E-state index contributed by atoms with van der Waals surface area (Å²) in [5.41, 5.74) is 1.43. The number of hydrogen-bond donors (Lipinski definition) is 3. The lowest BCUT2D eigenvalue weighted by atomic mass is 10.0. The summed E-state index contributed by atoms with van der Waals surface area (Å²) in [6.45, 7) is 1.46. The zero-order valence-corrected chi connectivity index (χ0v) is 14.8. The molecule has 27 heavy (non-hydrogen) atoms. The highest BCUT2D eigenvalue weighted by Crippen LogP contribution is 2.34. The van der Waals surface area contributed by atoms with E-state index < -0.39 is 6.09 Å². The van der Waals surface area contributed by atoms with Crippen LogP contribution < -0.4 is 10.2 Å². The van der Waals surface area contributed by atoms with Gasteiger partial charge in [-0.25, -0.2) is 9.78 Å². The highest BCUT2D eigenvalue weighted by Gasteiger charge is 2.23. The Balaban J connectivity index is 1.72. The third-order valence-corrected chi connectivity index (χ3v) is 5.02. The van der Waals surface area contributed by atoms with Crippen LogP contribution in [-0.2, 0) is 0 Å². The van der Waals surface area contributed by atoms with Gasteiger partial charge >= 0.3 is 6.09 Å². The van der Waals surface area contributed by atoms with Gasteiger partial charge in [0.1, 0.15) is 11.6 Å². The molecule has 138 valence electrons. The van der Waals surface area contributed by atoms with E-state index in [1.807, 2.05) is 42.5 Å². The van der Waals surface area contributed by atoms with E-state index in [1.165, 1.54) is 0 Å². The molecule has 1 saturated heterocycles. The van der Waals surface area contributed by atoms with Crippen molar-refractivity contribution in [2.75, 3.05) is 18.0 Å². The maximum absolute atomic E-state index is 10.9. The Bertz CT molecular complexity index is 981. The van der Waals surface area contributed by atoms with Crippen LogP contribution in [0.2, 0.25) is 0 Å². The number of aromatic nitrogens is 1. The average Bonchev–Trinajstić information content (AvgIpc) is 2.68. The van der Waals surface area contributed by atoms with Gasteiger partial charge in [-0.3, -0.25) is 0 Å². The first-order valence-corrected chi connectivity index (χ1v) is 9.04. The number of pyridine rings is 1. The third-order valence-electron chi connectivity index (χ3n) is 5.02. The normalized spacial score (nSPS) is 15.0. The van der Waals surface area contributed by atoms with Gasteiger partial charge in [0.2, 0.25) is 0 Å².